The first-order valence-corrected chi connectivity index (χ1v) is 6.13. The van der Waals surface area contributed by atoms with E-state index in [9.17, 15) is 0 Å². The molecule has 1 N–H and O–H groups in total. The zero-order valence-corrected chi connectivity index (χ0v) is 11.7. The molecule has 98 valence electrons. The average Bonchev–Trinajstić information content (AvgIpc) is 2.81. The summed E-state index contributed by atoms with van der Waals surface area (Å²) in [6, 6.07) is 1.97. The van der Waals surface area contributed by atoms with E-state index >= 15 is 0 Å². The molecule has 2 aromatic rings. The summed E-state index contributed by atoms with van der Waals surface area (Å²) in [5.41, 5.74) is 2.41. The highest BCUT2D eigenvalue weighted by Crippen LogP contribution is 2.24. The molecule has 0 aliphatic carbocycles. The summed E-state index contributed by atoms with van der Waals surface area (Å²) in [6.07, 6.45) is 3.99. The van der Waals surface area contributed by atoms with E-state index in [0.717, 1.165) is 18.1 Å². The van der Waals surface area contributed by atoms with Crippen LogP contribution in [0.5, 0.6) is 0 Å². The summed E-state index contributed by atoms with van der Waals surface area (Å²) in [4.78, 5) is 0. The van der Waals surface area contributed by atoms with Gasteiger partial charge in [-0.25, -0.2) is 0 Å². The third-order valence-electron chi connectivity index (χ3n) is 2.79. The summed E-state index contributed by atoms with van der Waals surface area (Å²) in [7, 11) is 3.87. The van der Waals surface area contributed by atoms with Gasteiger partial charge in [-0.15, -0.1) is 0 Å². The quantitative estimate of drug-likeness (QED) is 0.903. The molecule has 18 heavy (non-hydrogen) atoms. The number of aromatic nitrogens is 4. The van der Waals surface area contributed by atoms with E-state index in [1.54, 1.807) is 4.68 Å². The largest absolute Gasteiger partial charge is 0.364 e. The fraction of sp³-hybridized carbons (Fsp3) is 0.538. The van der Waals surface area contributed by atoms with E-state index in [1.807, 2.05) is 31.0 Å². The second-order valence-electron chi connectivity index (χ2n) is 5.65. The predicted octanol–water partition coefficient (Wildman–Crippen LogP) is 2.06. The van der Waals surface area contributed by atoms with Crippen LogP contribution < -0.4 is 5.32 Å². The number of rotatable bonds is 3. The van der Waals surface area contributed by atoms with Gasteiger partial charge in [-0.1, -0.05) is 20.8 Å². The van der Waals surface area contributed by atoms with Gasteiger partial charge in [0.05, 0.1) is 5.69 Å². The van der Waals surface area contributed by atoms with Crippen molar-refractivity contribution >= 4 is 5.82 Å². The SMILES string of the molecule is Cn1ccc(NCc2cn(C)nc2C(C)(C)C)n1. The second-order valence-corrected chi connectivity index (χ2v) is 5.65. The number of hydrogen-bond acceptors (Lipinski definition) is 3. The number of hydrogen-bond donors (Lipinski definition) is 1. The molecule has 0 unspecified atom stereocenters. The monoisotopic (exact) mass is 247 g/mol. The summed E-state index contributed by atoms with van der Waals surface area (Å²) in [5, 5.41) is 12.2. The van der Waals surface area contributed by atoms with Gasteiger partial charge in [0.1, 0.15) is 5.82 Å². The van der Waals surface area contributed by atoms with Crippen molar-refractivity contribution in [2.75, 3.05) is 5.32 Å². The van der Waals surface area contributed by atoms with Gasteiger partial charge in [0, 0.05) is 50.1 Å². The third kappa shape index (κ3) is 2.72. The van der Waals surface area contributed by atoms with Gasteiger partial charge in [0.25, 0.3) is 0 Å². The molecule has 2 aromatic heterocycles. The molecule has 5 heteroatoms. The Balaban J connectivity index is 2.14. The molecule has 0 aromatic carbocycles. The molecule has 0 atom stereocenters. The minimum Gasteiger partial charge on any atom is -0.364 e. The lowest BCUT2D eigenvalue weighted by atomic mass is 9.89. The van der Waals surface area contributed by atoms with Crippen LogP contribution in [-0.2, 0) is 26.1 Å². The van der Waals surface area contributed by atoms with Crippen molar-refractivity contribution in [3.63, 3.8) is 0 Å². The zero-order chi connectivity index (χ0) is 13.3. The van der Waals surface area contributed by atoms with Gasteiger partial charge in [-0.3, -0.25) is 9.36 Å². The van der Waals surface area contributed by atoms with Crippen molar-refractivity contribution in [1.29, 1.82) is 0 Å². The highest BCUT2D eigenvalue weighted by molar-refractivity contribution is 5.35. The molecule has 0 saturated heterocycles. The average molecular weight is 247 g/mol. The Morgan fingerprint density at radius 3 is 2.44 bits per heavy atom. The number of nitrogens with zero attached hydrogens (tertiary/aromatic N) is 4. The fourth-order valence-corrected chi connectivity index (χ4v) is 1.99. The maximum atomic E-state index is 4.55. The summed E-state index contributed by atoms with van der Waals surface area (Å²) < 4.78 is 3.66. The van der Waals surface area contributed by atoms with Crippen LogP contribution in [0.15, 0.2) is 18.5 Å². The highest BCUT2D eigenvalue weighted by atomic mass is 15.3. The van der Waals surface area contributed by atoms with Crippen molar-refractivity contribution in [2.45, 2.75) is 32.7 Å². The molecular weight excluding hydrogens is 226 g/mol. The first-order chi connectivity index (χ1) is 8.36. The third-order valence-corrected chi connectivity index (χ3v) is 2.79. The topological polar surface area (TPSA) is 47.7 Å². The van der Waals surface area contributed by atoms with E-state index in [0.29, 0.717) is 0 Å². The number of anilines is 1. The Bertz CT molecular complexity index is 530. The lowest BCUT2D eigenvalue weighted by Crippen LogP contribution is -2.16. The van der Waals surface area contributed by atoms with Crippen LogP contribution in [0.2, 0.25) is 0 Å². The standard InChI is InChI=1S/C13H21N5/c1-13(2,3)12-10(9-18(5)16-12)8-14-11-6-7-17(4)15-11/h6-7,9H,8H2,1-5H3,(H,14,15). The molecule has 0 bridgehead atoms. The smallest absolute Gasteiger partial charge is 0.148 e. The van der Waals surface area contributed by atoms with Crippen LogP contribution in [0.25, 0.3) is 0 Å². The van der Waals surface area contributed by atoms with E-state index in [2.05, 4.69) is 42.5 Å². The van der Waals surface area contributed by atoms with Crippen molar-refractivity contribution in [3.05, 3.63) is 29.7 Å². The van der Waals surface area contributed by atoms with Gasteiger partial charge in [-0.05, 0) is 0 Å². The van der Waals surface area contributed by atoms with E-state index in [-0.39, 0.29) is 5.41 Å². The lowest BCUT2D eigenvalue weighted by Gasteiger charge is -2.17. The van der Waals surface area contributed by atoms with Gasteiger partial charge in [-0.2, -0.15) is 10.2 Å². The van der Waals surface area contributed by atoms with Crippen LogP contribution in [0, 0.1) is 0 Å². The van der Waals surface area contributed by atoms with Crippen molar-refractivity contribution in [2.24, 2.45) is 14.1 Å². The minimum atomic E-state index is 0.0579. The van der Waals surface area contributed by atoms with E-state index in [4.69, 9.17) is 0 Å². The van der Waals surface area contributed by atoms with E-state index < -0.39 is 0 Å². The molecule has 0 aliphatic rings. The van der Waals surface area contributed by atoms with Crippen LogP contribution in [0.1, 0.15) is 32.0 Å². The minimum absolute atomic E-state index is 0.0579. The van der Waals surface area contributed by atoms with Crippen molar-refractivity contribution < 1.29 is 0 Å². The highest BCUT2D eigenvalue weighted by Gasteiger charge is 2.21. The molecule has 2 rings (SSSR count). The maximum absolute atomic E-state index is 4.55. The molecule has 0 aliphatic heterocycles. The van der Waals surface area contributed by atoms with Gasteiger partial charge >= 0.3 is 0 Å². The second kappa shape index (κ2) is 4.48. The van der Waals surface area contributed by atoms with Crippen molar-refractivity contribution in [3.8, 4) is 0 Å². The normalized spacial score (nSPS) is 11.8. The first kappa shape index (κ1) is 12.7. The lowest BCUT2D eigenvalue weighted by molar-refractivity contribution is 0.549. The summed E-state index contributed by atoms with van der Waals surface area (Å²) >= 11 is 0. The van der Waals surface area contributed by atoms with Gasteiger partial charge in [0.15, 0.2) is 0 Å². The molecule has 0 saturated carbocycles. The Labute approximate surface area is 108 Å². The van der Waals surface area contributed by atoms with Gasteiger partial charge < -0.3 is 5.32 Å². The Morgan fingerprint density at radius 1 is 1.17 bits per heavy atom. The van der Waals surface area contributed by atoms with Gasteiger partial charge in [0.2, 0.25) is 0 Å². The van der Waals surface area contributed by atoms with Crippen LogP contribution >= 0.6 is 0 Å². The first-order valence-electron chi connectivity index (χ1n) is 6.13. The summed E-state index contributed by atoms with van der Waals surface area (Å²) in [5.74, 6) is 0.890. The number of nitrogens with one attached hydrogen (secondary N) is 1. The Hall–Kier alpha value is -1.78. The molecular formula is C13H21N5. The molecule has 0 radical (unpaired) electrons. The molecule has 0 spiro atoms. The zero-order valence-electron chi connectivity index (χ0n) is 11.7. The van der Waals surface area contributed by atoms with Crippen LogP contribution in [0.4, 0.5) is 5.82 Å². The van der Waals surface area contributed by atoms with Crippen molar-refractivity contribution in [1.82, 2.24) is 19.6 Å². The molecule has 5 nitrogen and oxygen atoms in total. The number of aryl methyl sites for hydroxylation is 2. The van der Waals surface area contributed by atoms with Crippen LogP contribution in [-0.4, -0.2) is 19.6 Å². The van der Waals surface area contributed by atoms with E-state index in [1.165, 1.54) is 5.56 Å². The Morgan fingerprint density at radius 2 is 1.89 bits per heavy atom. The molecule has 0 amide bonds. The predicted molar refractivity (Wildman–Crippen MR) is 72.4 cm³/mol. The molecule has 0 fully saturated rings. The summed E-state index contributed by atoms with van der Waals surface area (Å²) in [6.45, 7) is 7.29. The van der Waals surface area contributed by atoms with Crippen LogP contribution in [0.3, 0.4) is 0 Å². The molecule has 2 heterocycles. The fourth-order valence-electron chi connectivity index (χ4n) is 1.99. The Kier molecular flexibility index (Phi) is 3.15. The maximum Gasteiger partial charge on any atom is 0.148 e.